The number of methoxy groups -OCH3 is 2. The molecule has 4 rings (SSSR count). The summed E-state index contributed by atoms with van der Waals surface area (Å²) in [7, 11) is 3.29. The first-order valence-corrected chi connectivity index (χ1v) is 11.6. The van der Waals surface area contributed by atoms with E-state index < -0.39 is 0 Å². The summed E-state index contributed by atoms with van der Waals surface area (Å²) in [6.45, 7) is 0. The van der Waals surface area contributed by atoms with Crippen molar-refractivity contribution < 1.29 is 14.3 Å². The molecule has 0 aliphatic carbocycles. The molecule has 0 bridgehead atoms. The Morgan fingerprint density at radius 1 is 0.806 bits per heavy atom. The molecule has 1 heterocycles. The number of ether oxygens (including phenoxy) is 2. The molecular formula is C31H28N2O3. The van der Waals surface area contributed by atoms with Gasteiger partial charge in [0.25, 0.3) is 0 Å². The summed E-state index contributed by atoms with van der Waals surface area (Å²) in [5, 5.41) is 2.92. The molecule has 180 valence electrons. The fourth-order valence-electron chi connectivity index (χ4n) is 3.76. The summed E-state index contributed by atoms with van der Waals surface area (Å²) in [6.07, 6.45) is 9.64. The van der Waals surface area contributed by atoms with Crippen LogP contribution >= 0.6 is 0 Å². The molecule has 5 nitrogen and oxygen atoms in total. The molecule has 1 aromatic heterocycles. The van der Waals surface area contributed by atoms with Gasteiger partial charge < -0.3 is 14.8 Å². The lowest BCUT2D eigenvalue weighted by Crippen LogP contribution is -2.07. The number of benzene rings is 3. The minimum absolute atomic E-state index is 0.199. The van der Waals surface area contributed by atoms with Gasteiger partial charge in [0.1, 0.15) is 11.5 Å². The van der Waals surface area contributed by atoms with E-state index in [1.54, 1.807) is 26.5 Å². The molecule has 0 aliphatic rings. The minimum Gasteiger partial charge on any atom is -0.497 e. The van der Waals surface area contributed by atoms with E-state index >= 15 is 0 Å². The lowest BCUT2D eigenvalue weighted by molar-refractivity contribution is -0.111. The molecule has 0 radical (unpaired) electrons. The number of carbonyl (C=O) groups is 1. The van der Waals surface area contributed by atoms with Crippen LogP contribution in [0.3, 0.4) is 0 Å². The lowest BCUT2D eigenvalue weighted by Gasteiger charge is -2.10. The Balaban J connectivity index is 1.46. The number of hydrogen-bond acceptors (Lipinski definition) is 4. The van der Waals surface area contributed by atoms with Crippen LogP contribution in [-0.4, -0.2) is 25.1 Å². The first-order valence-electron chi connectivity index (χ1n) is 11.6. The van der Waals surface area contributed by atoms with Crippen LogP contribution in [0.1, 0.15) is 22.3 Å². The smallest absolute Gasteiger partial charge is 0.248 e. The third-order valence-corrected chi connectivity index (χ3v) is 5.67. The second-order valence-electron chi connectivity index (χ2n) is 8.12. The highest BCUT2D eigenvalue weighted by atomic mass is 16.5. The van der Waals surface area contributed by atoms with Gasteiger partial charge in [-0.15, -0.1) is 0 Å². The Morgan fingerprint density at radius 3 is 1.94 bits per heavy atom. The van der Waals surface area contributed by atoms with Crippen LogP contribution in [-0.2, 0) is 11.2 Å². The Labute approximate surface area is 211 Å². The topological polar surface area (TPSA) is 60.5 Å². The van der Waals surface area contributed by atoms with E-state index in [4.69, 9.17) is 9.47 Å². The first-order chi connectivity index (χ1) is 17.6. The number of aromatic nitrogens is 1. The molecular weight excluding hydrogens is 448 g/mol. The molecule has 1 N–H and O–H groups in total. The molecule has 3 aromatic carbocycles. The molecule has 0 saturated carbocycles. The van der Waals surface area contributed by atoms with Crippen molar-refractivity contribution in [2.75, 3.05) is 19.5 Å². The molecule has 0 atom stereocenters. The fourth-order valence-corrected chi connectivity index (χ4v) is 3.76. The molecule has 5 heteroatoms. The fraction of sp³-hybridized carbons (Fsp3) is 0.0968. The van der Waals surface area contributed by atoms with Gasteiger partial charge in [-0.05, 0) is 76.7 Å². The first kappa shape index (κ1) is 24.5. The monoisotopic (exact) mass is 476 g/mol. The Hall–Kier alpha value is -4.64. The van der Waals surface area contributed by atoms with E-state index in [2.05, 4.69) is 10.3 Å². The molecule has 1 amide bonds. The second kappa shape index (κ2) is 12.2. The van der Waals surface area contributed by atoms with Crippen LogP contribution in [0.2, 0.25) is 0 Å². The maximum Gasteiger partial charge on any atom is 0.248 e. The van der Waals surface area contributed by atoms with Gasteiger partial charge in [-0.2, -0.15) is 0 Å². The van der Waals surface area contributed by atoms with E-state index in [9.17, 15) is 4.79 Å². The summed E-state index contributed by atoms with van der Waals surface area (Å²) >= 11 is 0. The van der Waals surface area contributed by atoms with E-state index in [0.717, 1.165) is 51.4 Å². The second-order valence-corrected chi connectivity index (χ2v) is 8.12. The average molecular weight is 477 g/mol. The summed E-state index contributed by atoms with van der Waals surface area (Å²) < 4.78 is 10.6. The van der Waals surface area contributed by atoms with Crippen molar-refractivity contribution >= 4 is 17.2 Å². The number of hydrogen-bond donors (Lipinski definition) is 1. The Morgan fingerprint density at radius 2 is 1.42 bits per heavy atom. The maximum absolute atomic E-state index is 12.5. The van der Waals surface area contributed by atoms with Gasteiger partial charge in [-0.3, -0.25) is 9.78 Å². The quantitative estimate of drug-likeness (QED) is 0.227. The molecule has 0 fully saturated rings. The highest BCUT2D eigenvalue weighted by Gasteiger charge is 2.06. The summed E-state index contributed by atoms with van der Waals surface area (Å²) in [6, 6.07) is 27.5. The number of allylic oxidation sites excluding steroid dienone is 2. The zero-order valence-corrected chi connectivity index (χ0v) is 20.3. The SMILES string of the molecule is COc1ccc(C(=C/C=C/C(=O)Nc2ccc(Cc3cccnc3)cc2)c2ccc(OC)cc2)cc1. The number of rotatable bonds is 9. The number of carbonyl (C=O) groups excluding carboxylic acids is 1. The van der Waals surface area contributed by atoms with Crippen LogP contribution in [0.15, 0.2) is 116 Å². The highest BCUT2D eigenvalue weighted by molar-refractivity contribution is 5.99. The van der Waals surface area contributed by atoms with Crippen molar-refractivity contribution in [3.05, 3.63) is 138 Å². The zero-order chi connectivity index (χ0) is 25.2. The van der Waals surface area contributed by atoms with Gasteiger partial charge in [0.05, 0.1) is 14.2 Å². The van der Waals surface area contributed by atoms with Crippen molar-refractivity contribution in [2.45, 2.75) is 6.42 Å². The molecule has 0 saturated heterocycles. The van der Waals surface area contributed by atoms with Crippen molar-refractivity contribution in [1.29, 1.82) is 0 Å². The lowest BCUT2D eigenvalue weighted by atomic mass is 9.97. The summed E-state index contributed by atoms with van der Waals surface area (Å²) in [5.41, 5.74) is 6.04. The number of amides is 1. The van der Waals surface area contributed by atoms with E-state index in [1.807, 2.05) is 97.2 Å². The van der Waals surface area contributed by atoms with Gasteiger partial charge in [-0.25, -0.2) is 0 Å². The average Bonchev–Trinajstić information content (AvgIpc) is 2.93. The van der Waals surface area contributed by atoms with Crippen LogP contribution < -0.4 is 14.8 Å². The van der Waals surface area contributed by atoms with Gasteiger partial charge in [0, 0.05) is 24.2 Å². The molecule has 0 aliphatic heterocycles. The van der Waals surface area contributed by atoms with E-state index in [-0.39, 0.29) is 5.91 Å². The largest absolute Gasteiger partial charge is 0.497 e. The predicted octanol–water partition coefficient (Wildman–Crippen LogP) is 6.32. The van der Waals surface area contributed by atoms with Crippen molar-refractivity contribution in [3.63, 3.8) is 0 Å². The summed E-state index contributed by atoms with van der Waals surface area (Å²) in [5.74, 6) is 1.37. The van der Waals surface area contributed by atoms with Crippen LogP contribution in [0.25, 0.3) is 5.57 Å². The van der Waals surface area contributed by atoms with Gasteiger partial charge in [0.2, 0.25) is 5.91 Å². The molecule has 0 unspecified atom stereocenters. The van der Waals surface area contributed by atoms with Crippen molar-refractivity contribution in [3.8, 4) is 11.5 Å². The standard InChI is InChI=1S/C31H28N2O3/c1-35-28-16-10-25(11-17-28)30(26-12-18-29(36-2)19-13-26)6-3-7-31(34)33-27-14-8-23(9-15-27)21-24-5-4-20-32-22-24/h3-20,22H,21H2,1-2H3,(H,33,34)/b7-3+. The molecule has 0 spiro atoms. The number of nitrogens with one attached hydrogen (secondary N) is 1. The Bertz CT molecular complexity index is 1280. The third-order valence-electron chi connectivity index (χ3n) is 5.67. The zero-order valence-electron chi connectivity index (χ0n) is 20.3. The van der Waals surface area contributed by atoms with Gasteiger partial charge >= 0.3 is 0 Å². The predicted molar refractivity (Wildman–Crippen MR) is 144 cm³/mol. The highest BCUT2D eigenvalue weighted by Crippen LogP contribution is 2.27. The van der Waals surface area contributed by atoms with Crippen LogP contribution in [0.4, 0.5) is 5.69 Å². The van der Waals surface area contributed by atoms with Crippen LogP contribution in [0.5, 0.6) is 11.5 Å². The minimum atomic E-state index is -0.199. The normalized spacial score (nSPS) is 10.6. The number of pyridine rings is 1. The molecule has 36 heavy (non-hydrogen) atoms. The van der Waals surface area contributed by atoms with Gasteiger partial charge in [0.15, 0.2) is 0 Å². The third kappa shape index (κ3) is 6.70. The summed E-state index contributed by atoms with van der Waals surface area (Å²) in [4.78, 5) is 16.7. The van der Waals surface area contributed by atoms with Crippen LogP contribution in [0, 0.1) is 0 Å². The van der Waals surface area contributed by atoms with E-state index in [1.165, 1.54) is 6.08 Å². The van der Waals surface area contributed by atoms with Crippen molar-refractivity contribution in [1.82, 2.24) is 4.98 Å². The van der Waals surface area contributed by atoms with Gasteiger partial charge in [-0.1, -0.05) is 54.6 Å². The van der Waals surface area contributed by atoms with E-state index in [0.29, 0.717) is 0 Å². The number of nitrogens with zero attached hydrogens (tertiary/aromatic N) is 1. The molecule has 4 aromatic rings. The van der Waals surface area contributed by atoms with Crippen molar-refractivity contribution in [2.24, 2.45) is 0 Å². The maximum atomic E-state index is 12.5. The Kier molecular flexibility index (Phi) is 8.28. The number of anilines is 1.